The smallest absolute Gasteiger partial charge is 0.256 e. The molecule has 0 aromatic heterocycles. The van der Waals surface area contributed by atoms with E-state index in [9.17, 15) is 9.90 Å². The van der Waals surface area contributed by atoms with Crippen LogP contribution < -0.4 is 5.32 Å². The minimum Gasteiger partial charge on any atom is -0.379 e. The number of piperidine rings is 1. The number of carbonyl (C=O) groups excluding carboxylic acids is 1. The van der Waals surface area contributed by atoms with Crippen LogP contribution in [0.1, 0.15) is 36.8 Å². The highest BCUT2D eigenvalue weighted by Crippen LogP contribution is 2.24. The van der Waals surface area contributed by atoms with Crippen molar-refractivity contribution in [2.24, 2.45) is 0 Å². The third-order valence-electron chi connectivity index (χ3n) is 5.38. The van der Waals surface area contributed by atoms with E-state index in [-0.39, 0.29) is 5.91 Å². The van der Waals surface area contributed by atoms with Crippen molar-refractivity contribution in [2.45, 2.75) is 44.8 Å². The average molecular weight is 345 g/mol. The Morgan fingerprint density at radius 2 is 2.00 bits per heavy atom. The topological polar surface area (TPSA) is 55.8 Å². The van der Waals surface area contributed by atoms with Crippen molar-refractivity contribution in [3.63, 3.8) is 0 Å². The molecule has 1 aromatic rings. The first-order chi connectivity index (χ1) is 12.1. The highest BCUT2D eigenvalue weighted by molar-refractivity contribution is 5.86. The van der Waals surface area contributed by atoms with Crippen LogP contribution in [0, 0.1) is 6.92 Å². The van der Waals surface area contributed by atoms with Crippen molar-refractivity contribution in [3.8, 4) is 0 Å². The molecule has 2 aliphatic heterocycles. The van der Waals surface area contributed by atoms with Gasteiger partial charge >= 0.3 is 0 Å². The minimum absolute atomic E-state index is 0.131. The second kappa shape index (κ2) is 8.30. The molecule has 2 fully saturated rings. The molecule has 5 nitrogen and oxygen atoms in total. The van der Waals surface area contributed by atoms with Gasteiger partial charge in [0.15, 0.2) is 5.60 Å². The monoisotopic (exact) mass is 345 g/mol. The molecule has 0 unspecified atom stereocenters. The van der Waals surface area contributed by atoms with Gasteiger partial charge in [-0.25, -0.2) is 0 Å². The van der Waals surface area contributed by atoms with Crippen LogP contribution in [0.2, 0.25) is 0 Å². The number of hydrogen-bond acceptors (Lipinski definition) is 4. The van der Waals surface area contributed by atoms with Crippen molar-refractivity contribution in [1.82, 2.24) is 15.1 Å². The molecule has 25 heavy (non-hydrogen) atoms. The molecule has 2 heterocycles. The van der Waals surface area contributed by atoms with Crippen LogP contribution >= 0.6 is 0 Å². The molecule has 0 saturated carbocycles. The van der Waals surface area contributed by atoms with Crippen LogP contribution in [0.15, 0.2) is 24.3 Å². The summed E-state index contributed by atoms with van der Waals surface area (Å²) in [6.07, 6.45) is 3.97. The third kappa shape index (κ3) is 4.81. The van der Waals surface area contributed by atoms with Gasteiger partial charge in [-0.2, -0.15) is 0 Å². The number of benzene rings is 1. The number of aliphatic hydroxyl groups is 1. The molecule has 2 aliphatic rings. The molecule has 5 heteroatoms. The quantitative estimate of drug-likeness (QED) is 0.736. The van der Waals surface area contributed by atoms with Crippen LogP contribution in [-0.4, -0.2) is 65.7 Å². The molecule has 1 amide bonds. The highest BCUT2D eigenvalue weighted by Gasteiger charge is 2.41. The zero-order chi connectivity index (χ0) is 17.7. The fraction of sp³-hybridized carbons (Fsp3) is 0.650. The molecule has 138 valence electrons. The van der Waals surface area contributed by atoms with Gasteiger partial charge in [0.05, 0.1) is 0 Å². The lowest BCUT2D eigenvalue weighted by Crippen LogP contribution is -2.58. The van der Waals surface area contributed by atoms with Gasteiger partial charge in [-0.15, -0.1) is 0 Å². The van der Waals surface area contributed by atoms with Crippen LogP contribution in [0.4, 0.5) is 0 Å². The van der Waals surface area contributed by atoms with E-state index in [1.54, 1.807) is 4.90 Å². The van der Waals surface area contributed by atoms with E-state index >= 15 is 0 Å². The Morgan fingerprint density at radius 3 is 2.76 bits per heavy atom. The molecule has 3 rings (SSSR count). The van der Waals surface area contributed by atoms with Gasteiger partial charge in [-0.3, -0.25) is 4.79 Å². The lowest BCUT2D eigenvalue weighted by molar-refractivity contribution is -0.157. The second-order valence-electron chi connectivity index (χ2n) is 7.58. The molecule has 0 spiro atoms. The Balaban J connectivity index is 1.51. The van der Waals surface area contributed by atoms with Gasteiger partial charge in [0.25, 0.3) is 5.91 Å². The summed E-state index contributed by atoms with van der Waals surface area (Å²) in [6, 6.07) is 8.23. The molecule has 1 aromatic carbocycles. The van der Waals surface area contributed by atoms with Crippen molar-refractivity contribution < 1.29 is 9.90 Å². The Hall–Kier alpha value is -1.43. The van der Waals surface area contributed by atoms with E-state index in [4.69, 9.17) is 0 Å². The predicted molar refractivity (Wildman–Crippen MR) is 99.3 cm³/mol. The van der Waals surface area contributed by atoms with Gasteiger partial charge in [0.1, 0.15) is 0 Å². The molecule has 2 N–H and O–H groups in total. The summed E-state index contributed by atoms with van der Waals surface area (Å²) in [5.74, 6) is -0.131. The van der Waals surface area contributed by atoms with Gasteiger partial charge in [-0.05, 0) is 51.3 Å². The normalized spacial score (nSPS) is 24.9. The SMILES string of the molecule is Cc1cccc(CN2CCC[C@](O)(CNCCN3CCCC3)C2=O)c1. The number of amides is 1. The summed E-state index contributed by atoms with van der Waals surface area (Å²) in [6.45, 7) is 7.89. The fourth-order valence-corrected chi connectivity index (χ4v) is 3.95. The highest BCUT2D eigenvalue weighted by atomic mass is 16.3. The van der Waals surface area contributed by atoms with E-state index in [0.717, 1.165) is 31.6 Å². The molecule has 2 saturated heterocycles. The number of hydrogen-bond donors (Lipinski definition) is 2. The second-order valence-corrected chi connectivity index (χ2v) is 7.58. The Labute approximate surface area is 151 Å². The molecule has 0 radical (unpaired) electrons. The minimum atomic E-state index is -1.26. The van der Waals surface area contributed by atoms with Crippen molar-refractivity contribution >= 4 is 5.91 Å². The molecule has 0 bridgehead atoms. The number of nitrogens with zero attached hydrogens (tertiary/aromatic N) is 2. The van der Waals surface area contributed by atoms with Crippen molar-refractivity contribution in [2.75, 3.05) is 39.3 Å². The van der Waals surface area contributed by atoms with Crippen LogP contribution in [0.3, 0.4) is 0 Å². The molecule has 0 aliphatic carbocycles. The van der Waals surface area contributed by atoms with E-state index in [0.29, 0.717) is 19.5 Å². The largest absolute Gasteiger partial charge is 0.379 e. The Kier molecular flexibility index (Phi) is 6.10. The first kappa shape index (κ1) is 18.4. The van der Waals surface area contributed by atoms with E-state index < -0.39 is 5.60 Å². The Bertz CT molecular complexity index is 586. The van der Waals surface area contributed by atoms with Crippen LogP contribution in [-0.2, 0) is 11.3 Å². The maximum absolute atomic E-state index is 12.8. The zero-order valence-corrected chi connectivity index (χ0v) is 15.3. The summed E-state index contributed by atoms with van der Waals surface area (Å²) < 4.78 is 0. The lowest BCUT2D eigenvalue weighted by Gasteiger charge is -2.38. The number of rotatable bonds is 7. The molecular weight excluding hydrogens is 314 g/mol. The first-order valence-electron chi connectivity index (χ1n) is 9.57. The van der Waals surface area contributed by atoms with E-state index in [2.05, 4.69) is 29.3 Å². The van der Waals surface area contributed by atoms with Gasteiger partial charge in [0.2, 0.25) is 0 Å². The van der Waals surface area contributed by atoms with Crippen molar-refractivity contribution in [3.05, 3.63) is 35.4 Å². The summed E-state index contributed by atoms with van der Waals surface area (Å²) in [4.78, 5) is 17.1. The number of carbonyl (C=O) groups is 1. The maximum atomic E-state index is 12.8. The summed E-state index contributed by atoms with van der Waals surface area (Å²) in [7, 11) is 0. The third-order valence-corrected chi connectivity index (χ3v) is 5.38. The average Bonchev–Trinajstić information content (AvgIpc) is 3.10. The van der Waals surface area contributed by atoms with E-state index in [1.807, 2.05) is 12.1 Å². The van der Waals surface area contributed by atoms with Gasteiger partial charge < -0.3 is 20.2 Å². The predicted octanol–water partition coefficient (Wildman–Crippen LogP) is 1.53. The van der Waals surface area contributed by atoms with Gasteiger partial charge in [0, 0.05) is 32.7 Å². The zero-order valence-electron chi connectivity index (χ0n) is 15.3. The first-order valence-corrected chi connectivity index (χ1v) is 9.57. The number of likely N-dealkylation sites (tertiary alicyclic amines) is 2. The van der Waals surface area contributed by atoms with Crippen LogP contribution in [0.5, 0.6) is 0 Å². The van der Waals surface area contributed by atoms with E-state index in [1.165, 1.54) is 31.5 Å². The summed E-state index contributed by atoms with van der Waals surface area (Å²) in [5, 5.41) is 14.2. The summed E-state index contributed by atoms with van der Waals surface area (Å²) in [5.41, 5.74) is 1.06. The number of nitrogens with one attached hydrogen (secondary N) is 1. The lowest BCUT2D eigenvalue weighted by atomic mass is 9.91. The standard InChI is InChI=1S/C20H31N3O2/c1-17-6-4-7-18(14-17)15-23-12-5-8-20(25,19(23)24)16-21-9-13-22-10-2-3-11-22/h4,6-7,14,21,25H,2-3,5,8-13,15-16H2,1H3/t20-/m0/s1. The summed E-state index contributed by atoms with van der Waals surface area (Å²) >= 11 is 0. The van der Waals surface area contributed by atoms with Crippen molar-refractivity contribution in [1.29, 1.82) is 0 Å². The van der Waals surface area contributed by atoms with Crippen LogP contribution in [0.25, 0.3) is 0 Å². The Morgan fingerprint density at radius 1 is 1.20 bits per heavy atom. The number of aryl methyl sites for hydroxylation is 1. The van der Waals surface area contributed by atoms with Gasteiger partial charge in [-0.1, -0.05) is 29.8 Å². The molecule has 1 atom stereocenters. The maximum Gasteiger partial charge on any atom is 0.256 e. The molecular formula is C20H31N3O2. The fourth-order valence-electron chi connectivity index (χ4n) is 3.95.